The average molecular weight is 454 g/mol. The Bertz CT molecular complexity index is 669. The van der Waals surface area contributed by atoms with Crippen molar-refractivity contribution in [2.75, 3.05) is 44.2 Å². The van der Waals surface area contributed by atoms with Crippen LogP contribution >= 0.6 is 0 Å². The lowest BCUT2D eigenvalue weighted by molar-refractivity contribution is -0.324. The van der Waals surface area contributed by atoms with Crippen molar-refractivity contribution in [3.05, 3.63) is 29.8 Å². The van der Waals surface area contributed by atoms with Crippen LogP contribution in [-0.4, -0.2) is 73.9 Å². The van der Waals surface area contributed by atoms with Crippen LogP contribution < -0.4 is 4.90 Å². The van der Waals surface area contributed by atoms with E-state index < -0.39 is 42.9 Å². The molecule has 0 aliphatic carbocycles. The van der Waals surface area contributed by atoms with E-state index in [1.165, 1.54) is 12.1 Å². The average Bonchev–Trinajstić information content (AvgIpc) is 2.59. The van der Waals surface area contributed by atoms with Crippen LogP contribution in [0.4, 0.5) is 45.2 Å². The normalized spacial score (nSPS) is 18.2. The maximum atomic E-state index is 12.8. The largest absolute Gasteiger partial charge is 0.423 e. The zero-order valence-electron chi connectivity index (χ0n) is 15.4. The molecule has 1 N–H and O–H groups in total. The van der Waals surface area contributed by atoms with Gasteiger partial charge < -0.3 is 14.7 Å². The van der Waals surface area contributed by atoms with E-state index in [0.29, 0.717) is 5.69 Å². The van der Waals surface area contributed by atoms with E-state index in [1.807, 2.05) is 0 Å². The van der Waals surface area contributed by atoms with Gasteiger partial charge in [-0.3, -0.25) is 4.90 Å². The first-order chi connectivity index (χ1) is 13.7. The third-order valence-electron chi connectivity index (χ3n) is 4.43. The quantitative estimate of drug-likeness (QED) is 0.666. The molecule has 0 spiro atoms. The molecule has 1 fully saturated rings. The Labute approximate surface area is 165 Å². The van der Waals surface area contributed by atoms with Crippen LogP contribution in [0.15, 0.2) is 24.3 Å². The first-order valence-electron chi connectivity index (χ1n) is 8.75. The summed E-state index contributed by atoms with van der Waals surface area (Å²) in [5.74, 6) is 0. The molecule has 0 amide bonds. The van der Waals surface area contributed by atoms with Gasteiger partial charge in [-0.2, -0.15) is 39.5 Å². The van der Waals surface area contributed by atoms with Crippen LogP contribution in [0.1, 0.15) is 5.56 Å². The number of anilines is 1. The number of rotatable bonds is 6. The van der Waals surface area contributed by atoms with Gasteiger partial charge in [0.15, 0.2) is 0 Å². The number of hydrogen-bond donors (Lipinski definition) is 1. The van der Waals surface area contributed by atoms with Gasteiger partial charge in [-0.1, -0.05) is 6.07 Å². The minimum absolute atomic E-state index is 0.237. The molecule has 30 heavy (non-hydrogen) atoms. The maximum Gasteiger partial charge on any atom is 0.423 e. The molecule has 13 heteroatoms. The van der Waals surface area contributed by atoms with E-state index in [2.05, 4.69) is 4.74 Å². The highest BCUT2D eigenvalue weighted by molar-refractivity contribution is 5.49. The van der Waals surface area contributed by atoms with Crippen LogP contribution in [0.25, 0.3) is 0 Å². The van der Waals surface area contributed by atoms with E-state index in [0.717, 1.165) is 12.1 Å². The molecule has 4 nitrogen and oxygen atoms in total. The molecule has 1 heterocycles. The summed E-state index contributed by atoms with van der Waals surface area (Å²) in [5.41, 5.74) is -0.467. The third-order valence-corrected chi connectivity index (χ3v) is 4.43. The van der Waals surface area contributed by atoms with Crippen molar-refractivity contribution in [3.8, 4) is 0 Å². The second kappa shape index (κ2) is 9.18. The first kappa shape index (κ1) is 24.5. The van der Waals surface area contributed by atoms with Gasteiger partial charge in [0.1, 0.15) is 0 Å². The number of piperazine rings is 1. The molecule has 0 bridgehead atoms. The Hall–Kier alpha value is -1.73. The SMILES string of the molecule is OC(COC(C(F)(F)F)C(F)(F)F)CN1CCN(c2cccc(C(F)(F)F)c2)CC1. The van der Waals surface area contributed by atoms with Crippen LogP contribution in [0.2, 0.25) is 0 Å². The monoisotopic (exact) mass is 454 g/mol. The minimum atomic E-state index is -5.66. The highest BCUT2D eigenvalue weighted by Gasteiger charge is 2.58. The predicted molar refractivity (Wildman–Crippen MR) is 88.0 cm³/mol. The summed E-state index contributed by atoms with van der Waals surface area (Å²) in [7, 11) is 0. The molecule has 0 saturated carbocycles. The maximum absolute atomic E-state index is 12.8. The van der Waals surface area contributed by atoms with E-state index in [1.54, 1.807) is 9.80 Å². The minimum Gasteiger partial charge on any atom is -0.389 e. The topological polar surface area (TPSA) is 35.9 Å². The second-order valence-corrected chi connectivity index (χ2v) is 6.79. The van der Waals surface area contributed by atoms with E-state index in [-0.39, 0.29) is 32.7 Å². The molecule has 1 aliphatic heterocycles. The fourth-order valence-corrected chi connectivity index (χ4v) is 3.00. The van der Waals surface area contributed by atoms with Crippen LogP contribution in [-0.2, 0) is 10.9 Å². The fourth-order valence-electron chi connectivity index (χ4n) is 3.00. The molecular weight excluding hydrogens is 435 g/mol. The van der Waals surface area contributed by atoms with Crippen molar-refractivity contribution >= 4 is 5.69 Å². The zero-order chi connectivity index (χ0) is 22.7. The van der Waals surface area contributed by atoms with Crippen LogP contribution in [0.3, 0.4) is 0 Å². The van der Waals surface area contributed by atoms with Crippen molar-refractivity contribution in [3.63, 3.8) is 0 Å². The highest BCUT2D eigenvalue weighted by atomic mass is 19.4. The van der Waals surface area contributed by atoms with Gasteiger partial charge in [0.25, 0.3) is 0 Å². The number of ether oxygens (including phenoxy) is 1. The van der Waals surface area contributed by atoms with E-state index >= 15 is 0 Å². The molecule has 1 saturated heterocycles. The van der Waals surface area contributed by atoms with Crippen molar-refractivity contribution in [1.82, 2.24) is 4.90 Å². The van der Waals surface area contributed by atoms with Crippen LogP contribution in [0.5, 0.6) is 0 Å². The molecule has 0 radical (unpaired) electrons. The summed E-state index contributed by atoms with van der Waals surface area (Å²) < 4.78 is 117. The summed E-state index contributed by atoms with van der Waals surface area (Å²) in [6, 6.07) is 4.70. The predicted octanol–water partition coefficient (Wildman–Crippen LogP) is 3.70. The smallest absolute Gasteiger partial charge is 0.389 e. The molecule has 1 aliphatic rings. The first-order valence-corrected chi connectivity index (χ1v) is 8.75. The molecular formula is C17H19F9N2O2. The van der Waals surface area contributed by atoms with E-state index in [9.17, 15) is 44.6 Å². The van der Waals surface area contributed by atoms with Crippen LogP contribution in [0, 0.1) is 0 Å². The highest BCUT2D eigenvalue weighted by Crippen LogP contribution is 2.36. The van der Waals surface area contributed by atoms with Gasteiger partial charge in [-0.25, -0.2) is 0 Å². The number of aliphatic hydroxyl groups is 1. The number of hydrogen-bond acceptors (Lipinski definition) is 4. The van der Waals surface area contributed by atoms with E-state index in [4.69, 9.17) is 0 Å². The lowest BCUT2D eigenvalue weighted by Gasteiger charge is -2.37. The Morgan fingerprint density at radius 1 is 0.900 bits per heavy atom. The number of nitrogens with zero attached hydrogens (tertiary/aromatic N) is 2. The van der Waals surface area contributed by atoms with Crippen molar-refractivity contribution in [2.24, 2.45) is 0 Å². The number of benzene rings is 1. The van der Waals surface area contributed by atoms with Gasteiger partial charge >= 0.3 is 18.5 Å². The van der Waals surface area contributed by atoms with Gasteiger partial charge in [0.05, 0.1) is 18.3 Å². The molecule has 1 aromatic rings. The Kier molecular flexibility index (Phi) is 7.51. The zero-order valence-corrected chi connectivity index (χ0v) is 15.4. The molecule has 1 atom stereocenters. The lowest BCUT2D eigenvalue weighted by atomic mass is 10.1. The Morgan fingerprint density at radius 2 is 1.47 bits per heavy atom. The lowest BCUT2D eigenvalue weighted by Crippen LogP contribution is -2.50. The van der Waals surface area contributed by atoms with Gasteiger partial charge in [0.2, 0.25) is 6.10 Å². The summed E-state index contributed by atoms with van der Waals surface area (Å²) >= 11 is 0. The Morgan fingerprint density at radius 3 is 1.97 bits per heavy atom. The van der Waals surface area contributed by atoms with Gasteiger partial charge in [-0.15, -0.1) is 0 Å². The Balaban J connectivity index is 1.85. The molecule has 172 valence electrons. The number of alkyl halides is 9. The molecule has 2 rings (SSSR count). The fraction of sp³-hybridized carbons (Fsp3) is 0.647. The molecule has 1 unspecified atom stereocenters. The summed E-state index contributed by atoms with van der Waals surface area (Å²) in [5, 5.41) is 9.75. The number of aliphatic hydroxyl groups excluding tert-OH is 1. The third kappa shape index (κ3) is 6.91. The molecule has 1 aromatic carbocycles. The number of β-amino-alcohol motifs (C(OH)–C–C–N with tert-alkyl or cyclic N) is 1. The van der Waals surface area contributed by atoms with Crippen molar-refractivity contribution in [2.45, 2.75) is 30.7 Å². The second-order valence-electron chi connectivity index (χ2n) is 6.79. The molecule has 0 aromatic heterocycles. The van der Waals surface area contributed by atoms with Crippen molar-refractivity contribution < 1.29 is 49.4 Å². The van der Waals surface area contributed by atoms with Gasteiger partial charge in [0, 0.05) is 38.4 Å². The van der Waals surface area contributed by atoms with Gasteiger partial charge in [-0.05, 0) is 18.2 Å². The summed E-state index contributed by atoms with van der Waals surface area (Å²) in [6.07, 6.45) is -21.4. The standard InChI is InChI=1S/C17H19F9N2O2/c18-15(19,20)11-2-1-3-12(8-11)28-6-4-27(5-7-28)9-13(29)10-30-14(16(21,22)23)17(24,25)26/h1-3,8,13-14,29H,4-7,9-10H2. The van der Waals surface area contributed by atoms with Crippen molar-refractivity contribution in [1.29, 1.82) is 0 Å². The summed E-state index contributed by atoms with van der Waals surface area (Å²) in [6.45, 7) is -0.383. The summed E-state index contributed by atoms with van der Waals surface area (Å²) in [4.78, 5) is 3.24. The number of halogens is 9.